The molecule has 1 aliphatic carbocycles. The molecule has 1 aromatic rings. The van der Waals surface area contributed by atoms with Crippen LogP contribution in [0.15, 0.2) is 10.8 Å². The van der Waals surface area contributed by atoms with E-state index in [1.807, 2.05) is 11.3 Å². The maximum absolute atomic E-state index is 3.83. The van der Waals surface area contributed by atoms with Gasteiger partial charge in [-0.2, -0.15) is 11.3 Å². The molecule has 2 heteroatoms. The predicted octanol–water partition coefficient (Wildman–Crippen LogP) is 5.17. The van der Waals surface area contributed by atoms with Gasteiger partial charge in [0.1, 0.15) is 0 Å². The maximum atomic E-state index is 3.83. The molecule has 3 atom stereocenters. The lowest BCUT2D eigenvalue weighted by Gasteiger charge is -2.37. The minimum absolute atomic E-state index is 0.580. The van der Waals surface area contributed by atoms with Gasteiger partial charge in [-0.1, -0.05) is 20.8 Å². The van der Waals surface area contributed by atoms with E-state index in [4.69, 9.17) is 0 Å². The van der Waals surface area contributed by atoms with Crippen molar-refractivity contribution in [3.8, 4) is 0 Å². The van der Waals surface area contributed by atoms with Crippen LogP contribution in [0.2, 0.25) is 0 Å². The van der Waals surface area contributed by atoms with Gasteiger partial charge in [-0.3, -0.25) is 0 Å². The average molecular weight is 279 g/mol. The highest BCUT2D eigenvalue weighted by atomic mass is 32.1. The van der Waals surface area contributed by atoms with Crippen LogP contribution < -0.4 is 5.32 Å². The van der Waals surface area contributed by atoms with Gasteiger partial charge in [-0.15, -0.1) is 0 Å². The van der Waals surface area contributed by atoms with Gasteiger partial charge in [-0.25, -0.2) is 0 Å². The summed E-state index contributed by atoms with van der Waals surface area (Å²) in [5, 5.41) is 8.50. The summed E-state index contributed by atoms with van der Waals surface area (Å²) in [5.41, 5.74) is 3.04. The Kier molecular flexibility index (Phi) is 5.47. The summed E-state index contributed by atoms with van der Waals surface area (Å²) >= 11 is 1.85. The van der Waals surface area contributed by atoms with Crippen molar-refractivity contribution in [1.29, 1.82) is 0 Å². The second-order valence-corrected chi connectivity index (χ2v) is 7.36. The van der Waals surface area contributed by atoms with E-state index in [0.29, 0.717) is 6.04 Å². The van der Waals surface area contributed by atoms with Crippen LogP contribution in [0.25, 0.3) is 0 Å². The smallest absolute Gasteiger partial charge is 0.0359 e. The Hall–Kier alpha value is -0.340. The summed E-state index contributed by atoms with van der Waals surface area (Å²) in [6.45, 7) is 10.5. The molecule has 1 aliphatic rings. The molecule has 1 nitrogen and oxygen atoms in total. The highest BCUT2D eigenvalue weighted by Gasteiger charge is 2.31. The molecule has 1 N–H and O–H groups in total. The zero-order chi connectivity index (χ0) is 13.8. The molecule has 3 unspecified atom stereocenters. The molecule has 0 saturated heterocycles. The van der Waals surface area contributed by atoms with Crippen molar-refractivity contribution in [2.75, 3.05) is 6.54 Å². The fourth-order valence-corrected chi connectivity index (χ4v) is 4.69. The molecule has 0 spiro atoms. The van der Waals surface area contributed by atoms with Crippen LogP contribution in [0.5, 0.6) is 0 Å². The third kappa shape index (κ3) is 3.82. The van der Waals surface area contributed by atoms with E-state index >= 15 is 0 Å². The van der Waals surface area contributed by atoms with Crippen LogP contribution >= 0.6 is 11.3 Å². The van der Waals surface area contributed by atoms with Crippen molar-refractivity contribution in [3.63, 3.8) is 0 Å². The molecule has 0 bridgehead atoms. The van der Waals surface area contributed by atoms with Gasteiger partial charge in [0.15, 0.2) is 0 Å². The highest BCUT2D eigenvalue weighted by molar-refractivity contribution is 7.08. The molecule has 2 rings (SSSR count). The summed E-state index contributed by atoms with van der Waals surface area (Å²) in [5.74, 6) is 2.59. The first-order valence-electron chi connectivity index (χ1n) is 7.87. The molecule has 1 saturated carbocycles. The molecule has 0 aliphatic heterocycles. The number of rotatable bonds is 5. The number of nitrogens with one attached hydrogen (secondary N) is 1. The standard InChI is InChI=1S/C17H29NS/c1-5-6-18-17(16-11-19-10-14(16)4)15-8-12(2)7-13(3)9-15/h10-13,15,17-18H,5-9H2,1-4H3. The molecule has 1 heterocycles. The Morgan fingerprint density at radius 1 is 1.21 bits per heavy atom. The normalized spacial score (nSPS) is 29.4. The summed E-state index contributed by atoms with van der Waals surface area (Å²) < 4.78 is 0. The van der Waals surface area contributed by atoms with E-state index in [1.165, 1.54) is 31.2 Å². The summed E-state index contributed by atoms with van der Waals surface area (Å²) in [7, 11) is 0. The zero-order valence-corrected chi connectivity index (χ0v) is 13.7. The second-order valence-electron chi connectivity index (χ2n) is 6.62. The summed E-state index contributed by atoms with van der Waals surface area (Å²) in [6, 6.07) is 0.580. The van der Waals surface area contributed by atoms with Gasteiger partial charge < -0.3 is 5.32 Å². The largest absolute Gasteiger partial charge is 0.310 e. The molecule has 1 fully saturated rings. The fourth-order valence-electron chi connectivity index (χ4n) is 3.80. The minimum atomic E-state index is 0.580. The fraction of sp³-hybridized carbons (Fsp3) is 0.765. The Morgan fingerprint density at radius 3 is 2.42 bits per heavy atom. The first kappa shape index (κ1) is 15.1. The third-order valence-electron chi connectivity index (χ3n) is 4.53. The van der Waals surface area contributed by atoms with E-state index in [-0.39, 0.29) is 0 Å². The highest BCUT2D eigenvalue weighted by Crippen LogP contribution is 2.41. The van der Waals surface area contributed by atoms with Crippen molar-refractivity contribution in [1.82, 2.24) is 5.32 Å². The number of thiophene rings is 1. The zero-order valence-electron chi connectivity index (χ0n) is 12.9. The van der Waals surface area contributed by atoms with E-state index < -0.39 is 0 Å². The quantitative estimate of drug-likeness (QED) is 0.784. The average Bonchev–Trinajstić information content (AvgIpc) is 2.75. The van der Waals surface area contributed by atoms with Crippen LogP contribution in [0, 0.1) is 24.7 Å². The molecule has 0 radical (unpaired) electrons. The Labute approximate surface area is 122 Å². The first-order chi connectivity index (χ1) is 9.11. The number of hydrogen-bond acceptors (Lipinski definition) is 2. The maximum Gasteiger partial charge on any atom is 0.0359 e. The van der Waals surface area contributed by atoms with Gasteiger partial charge >= 0.3 is 0 Å². The second kappa shape index (κ2) is 6.90. The molecule has 19 heavy (non-hydrogen) atoms. The lowest BCUT2D eigenvalue weighted by Crippen LogP contribution is -2.33. The predicted molar refractivity (Wildman–Crippen MR) is 85.8 cm³/mol. The first-order valence-corrected chi connectivity index (χ1v) is 8.82. The van der Waals surface area contributed by atoms with Crippen LogP contribution in [0.1, 0.15) is 63.6 Å². The Balaban J connectivity index is 2.15. The van der Waals surface area contributed by atoms with Gasteiger partial charge in [-0.05, 0) is 78.8 Å². The molecule has 0 amide bonds. The van der Waals surface area contributed by atoms with E-state index in [0.717, 1.165) is 24.3 Å². The molecule has 1 aromatic heterocycles. The number of aryl methyl sites for hydroxylation is 1. The van der Waals surface area contributed by atoms with E-state index in [1.54, 1.807) is 5.56 Å². The van der Waals surface area contributed by atoms with Crippen molar-refractivity contribution in [2.24, 2.45) is 17.8 Å². The number of hydrogen-bond donors (Lipinski definition) is 1. The Bertz CT molecular complexity index is 374. The molecular weight excluding hydrogens is 250 g/mol. The van der Waals surface area contributed by atoms with Crippen LogP contribution in [-0.2, 0) is 0 Å². The van der Waals surface area contributed by atoms with Gasteiger partial charge in [0.2, 0.25) is 0 Å². The van der Waals surface area contributed by atoms with Crippen LogP contribution in [0.3, 0.4) is 0 Å². The SMILES string of the molecule is CCCNC(c1cscc1C)C1CC(C)CC(C)C1. The van der Waals surface area contributed by atoms with Crippen molar-refractivity contribution >= 4 is 11.3 Å². The third-order valence-corrected chi connectivity index (χ3v) is 5.41. The molecule has 0 aromatic carbocycles. The minimum Gasteiger partial charge on any atom is -0.310 e. The summed E-state index contributed by atoms with van der Waals surface area (Å²) in [4.78, 5) is 0. The van der Waals surface area contributed by atoms with Crippen molar-refractivity contribution < 1.29 is 0 Å². The van der Waals surface area contributed by atoms with Crippen molar-refractivity contribution in [3.05, 3.63) is 21.9 Å². The van der Waals surface area contributed by atoms with Crippen LogP contribution in [0.4, 0.5) is 0 Å². The van der Waals surface area contributed by atoms with E-state index in [9.17, 15) is 0 Å². The van der Waals surface area contributed by atoms with E-state index in [2.05, 4.69) is 43.8 Å². The monoisotopic (exact) mass is 279 g/mol. The molecule has 108 valence electrons. The van der Waals surface area contributed by atoms with Gasteiger partial charge in [0.25, 0.3) is 0 Å². The molecular formula is C17H29NS. The van der Waals surface area contributed by atoms with Crippen molar-refractivity contribution in [2.45, 2.75) is 59.4 Å². The Morgan fingerprint density at radius 2 is 1.89 bits per heavy atom. The lowest BCUT2D eigenvalue weighted by atomic mass is 9.72. The summed E-state index contributed by atoms with van der Waals surface area (Å²) in [6.07, 6.45) is 5.42. The topological polar surface area (TPSA) is 12.0 Å². The van der Waals surface area contributed by atoms with Crippen LogP contribution in [-0.4, -0.2) is 6.54 Å². The lowest BCUT2D eigenvalue weighted by molar-refractivity contribution is 0.176. The van der Waals surface area contributed by atoms with Gasteiger partial charge in [0.05, 0.1) is 0 Å². The van der Waals surface area contributed by atoms with Gasteiger partial charge in [0, 0.05) is 6.04 Å².